The van der Waals surface area contributed by atoms with Gasteiger partial charge in [-0.1, -0.05) is 212 Å². The molecule has 3 aromatic heterocycles. The Morgan fingerprint density at radius 1 is 0.250 bits per heavy atom. The van der Waals surface area contributed by atoms with Crippen LogP contribution in [0, 0.1) is 0 Å². The zero-order chi connectivity index (χ0) is 47.5. The summed E-state index contributed by atoms with van der Waals surface area (Å²) in [6.45, 7) is 0. The van der Waals surface area contributed by atoms with Gasteiger partial charge in [0.25, 0.3) is 0 Å². The Hall–Kier alpha value is -9.78. The zero-order valence-electron chi connectivity index (χ0n) is 38.9. The van der Waals surface area contributed by atoms with Gasteiger partial charge in [-0.15, -0.1) is 0 Å². The quantitative estimate of drug-likeness (QED) is 0.152. The molecule has 4 heterocycles. The van der Waals surface area contributed by atoms with E-state index in [1.807, 2.05) is 24.3 Å². The number of benzene rings is 10. The van der Waals surface area contributed by atoms with Crippen molar-refractivity contribution in [3.05, 3.63) is 255 Å². The lowest BCUT2D eigenvalue weighted by atomic mass is 9.87. The molecule has 6 nitrogen and oxygen atoms in total. The molecule has 6 heteroatoms. The van der Waals surface area contributed by atoms with Gasteiger partial charge >= 0.3 is 0 Å². The Kier molecular flexibility index (Phi) is 9.74. The monoisotopic (exact) mass is 918 g/mol. The Balaban J connectivity index is 1.11. The van der Waals surface area contributed by atoms with Crippen LogP contribution in [-0.2, 0) is 0 Å². The molecule has 13 aromatic rings. The second-order valence-electron chi connectivity index (χ2n) is 18.2. The second kappa shape index (κ2) is 17.0. The number of rotatable bonds is 8. The van der Waals surface area contributed by atoms with Crippen molar-refractivity contribution < 1.29 is 0 Å². The normalized spacial score (nSPS) is 11.9. The molecule has 14 rings (SSSR count). The van der Waals surface area contributed by atoms with Crippen molar-refractivity contribution in [3.8, 4) is 84.4 Å². The first-order valence-electron chi connectivity index (χ1n) is 24.3. The van der Waals surface area contributed by atoms with E-state index in [9.17, 15) is 0 Å². The molecular weight excluding hydrogens is 877 g/mol. The third-order valence-corrected chi connectivity index (χ3v) is 14.0. The molecule has 0 saturated heterocycles. The van der Waals surface area contributed by atoms with Crippen LogP contribution in [0.5, 0.6) is 0 Å². The van der Waals surface area contributed by atoms with Gasteiger partial charge < -0.3 is 0 Å². The summed E-state index contributed by atoms with van der Waals surface area (Å²) in [5.41, 5.74) is 18.1. The standard InChI is InChI=1S/C66H42N6/c1-7-20-43(21-8-1)49-34-37-60-53(38-49)55-39-54-52-36-35-50(44-22-9-2-10-23-44)51-32-19-33-61(64(51)52)72(66-69-58(47-28-15-5-16-29-47)41-59(70-66)48-30-17-6-18-31-48)62(54)42-63(55)71(60)65-67-56(45-24-11-3-12-25-45)40-57(68-65)46-26-13-4-14-27-46/h1-42H. The predicted molar refractivity (Wildman–Crippen MR) is 296 cm³/mol. The number of fused-ring (bicyclic) bond motifs is 5. The summed E-state index contributed by atoms with van der Waals surface area (Å²) in [7, 11) is 0. The smallest absolute Gasteiger partial charge is 0.235 e. The van der Waals surface area contributed by atoms with E-state index in [0.717, 1.165) is 117 Å². The molecule has 0 radical (unpaired) electrons. The van der Waals surface area contributed by atoms with E-state index in [0.29, 0.717) is 11.9 Å². The van der Waals surface area contributed by atoms with Crippen LogP contribution in [0.2, 0.25) is 0 Å². The van der Waals surface area contributed by atoms with E-state index in [1.165, 1.54) is 5.56 Å². The van der Waals surface area contributed by atoms with Gasteiger partial charge in [0.15, 0.2) is 0 Å². The van der Waals surface area contributed by atoms with Crippen molar-refractivity contribution in [1.29, 1.82) is 0 Å². The van der Waals surface area contributed by atoms with Gasteiger partial charge in [0.1, 0.15) is 0 Å². The van der Waals surface area contributed by atoms with E-state index >= 15 is 0 Å². The highest BCUT2D eigenvalue weighted by molar-refractivity contribution is 6.21. The average molecular weight is 919 g/mol. The maximum atomic E-state index is 5.51. The lowest BCUT2D eigenvalue weighted by Crippen LogP contribution is -2.18. The Morgan fingerprint density at radius 2 is 0.708 bits per heavy atom. The highest BCUT2D eigenvalue weighted by atomic mass is 15.3. The van der Waals surface area contributed by atoms with Crippen LogP contribution in [0.4, 0.5) is 17.3 Å². The number of hydrogen-bond donors (Lipinski definition) is 0. The number of nitrogens with zero attached hydrogens (tertiary/aromatic N) is 6. The topological polar surface area (TPSA) is 59.7 Å². The third-order valence-electron chi connectivity index (χ3n) is 14.0. The molecule has 1 aliphatic heterocycles. The minimum atomic E-state index is 0.571. The molecule has 10 aromatic carbocycles. The average Bonchev–Trinajstić information content (AvgIpc) is 3.78. The predicted octanol–water partition coefficient (Wildman–Crippen LogP) is 17.0. The molecule has 336 valence electrons. The first kappa shape index (κ1) is 41.2. The summed E-state index contributed by atoms with van der Waals surface area (Å²) < 4.78 is 2.25. The highest BCUT2D eigenvalue weighted by Crippen LogP contribution is 2.54. The van der Waals surface area contributed by atoms with Gasteiger partial charge in [-0.05, 0) is 75.7 Å². The van der Waals surface area contributed by atoms with Crippen molar-refractivity contribution >= 4 is 49.9 Å². The summed E-state index contributed by atoms with van der Waals surface area (Å²) in [6, 6.07) is 89.8. The molecular formula is C66H42N6. The van der Waals surface area contributed by atoms with Crippen molar-refractivity contribution in [3.63, 3.8) is 0 Å². The van der Waals surface area contributed by atoms with E-state index < -0.39 is 0 Å². The first-order chi connectivity index (χ1) is 35.7. The van der Waals surface area contributed by atoms with Gasteiger partial charge in [0.05, 0.1) is 45.2 Å². The molecule has 0 aliphatic carbocycles. The summed E-state index contributed by atoms with van der Waals surface area (Å²) in [6.07, 6.45) is 0. The zero-order valence-corrected chi connectivity index (χ0v) is 38.9. The fraction of sp³-hybridized carbons (Fsp3) is 0. The largest absolute Gasteiger partial charge is 0.278 e. The highest BCUT2D eigenvalue weighted by Gasteiger charge is 2.32. The summed E-state index contributed by atoms with van der Waals surface area (Å²) >= 11 is 0. The lowest BCUT2D eigenvalue weighted by Gasteiger charge is -2.33. The summed E-state index contributed by atoms with van der Waals surface area (Å²) in [4.78, 5) is 24.2. The van der Waals surface area contributed by atoms with Gasteiger partial charge in [0.2, 0.25) is 11.9 Å². The molecule has 0 bridgehead atoms. The maximum absolute atomic E-state index is 5.51. The molecule has 0 saturated carbocycles. The summed E-state index contributed by atoms with van der Waals surface area (Å²) in [5.74, 6) is 1.15. The maximum Gasteiger partial charge on any atom is 0.235 e. The van der Waals surface area contributed by atoms with Crippen LogP contribution in [0.3, 0.4) is 0 Å². The molecule has 0 amide bonds. The SMILES string of the molecule is c1ccc(-c2ccc3c(c2)c2cc4c(cc2n3-c2nc(-c3ccccc3)cc(-c3ccccc3)n2)N(c2nc(-c3ccccc3)cc(-c3ccccc3)n2)c2cccc3c(-c5ccccc5)ccc-4c23)cc1. The fourth-order valence-electron chi connectivity index (χ4n) is 10.6. The van der Waals surface area contributed by atoms with Crippen LogP contribution < -0.4 is 4.90 Å². The van der Waals surface area contributed by atoms with E-state index in [1.54, 1.807) is 0 Å². The van der Waals surface area contributed by atoms with Crippen molar-refractivity contribution in [2.45, 2.75) is 0 Å². The minimum Gasteiger partial charge on any atom is -0.278 e. The summed E-state index contributed by atoms with van der Waals surface area (Å²) in [5, 5.41) is 4.48. The van der Waals surface area contributed by atoms with Crippen molar-refractivity contribution in [2.75, 3.05) is 4.90 Å². The molecule has 0 fully saturated rings. The Bertz CT molecular complexity index is 4060. The van der Waals surface area contributed by atoms with Crippen LogP contribution in [0.1, 0.15) is 0 Å². The van der Waals surface area contributed by atoms with Gasteiger partial charge in [-0.2, -0.15) is 0 Å². The first-order valence-corrected chi connectivity index (χ1v) is 24.3. The molecule has 1 aliphatic rings. The van der Waals surface area contributed by atoms with Crippen LogP contribution >= 0.6 is 0 Å². The minimum absolute atomic E-state index is 0.571. The van der Waals surface area contributed by atoms with Crippen LogP contribution in [-0.4, -0.2) is 24.5 Å². The van der Waals surface area contributed by atoms with Gasteiger partial charge in [-0.25, -0.2) is 19.9 Å². The fourth-order valence-corrected chi connectivity index (χ4v) is 10.6. The lowest BCUT2D eigenvalue weighted by molar-refractivity contribution is 0.995. The van der Waals surface area contributed by atoms with Crippen LogP contribution in [0.15, 0.2) is 255 Å². The molecule has 0 unspecified atom stereocenters. The van der Waals surface area contributed by atoms with Gasteiger partial charge in [-0.3, -0.25) is 9.47 Å². The number of anilines is 3. The third kappa shape index (κ3) is 6.96. The molecule has 0 spiro atoms. The van der Waals surface area contributed by atoms with E-state index in [2.05, 4.69) is 240 Å². The van der Waals surface area contributed by atoms with Crippen molar-refractivity contribution in [1.82, 2.24) is 24.5 Å². The van der Waals surface area contributed by atoms with Crippen LogP contribution in [0.25, 0.3) is 117 Å². The molecule has 0 N–H and O–H groups in total. The Labute approximate surface area is 416 Å². The Morgan fingerprint density at radius 3 is 1.24 bits per heavy atom. The molecule has 72 heavy (non-hydrogen) atoms. The number of aromatic nitrogens is 5. The van der Waals surface area contributed by atoms with E-state index in [4.69, 9.17) is 19.9 Å². The number of hydrogen-bond acceptors (Lipinski definition) is 5. The van der Waals surface area contributed by atoms with Crippen molar-refractivity contribution in [2.24, 2.45) is 0 Å². The second-order valence-corrected chi connectivity index (χ2v) is 18.2. The van der Waals surface area contributed by atoms with E-state index in [-0.39, 0.29) is 0 Å². The van der Waals surface area contributed by atoms with Gasteiger partial charge in [0, 0.05) is 44.0 Å². The molecule has 0 atom stereocenters.